The van der Waals surface area contributed by atoms with E-state index in [-0.39, 0.29) is 12.1 Å². The van der Waals surface area contributed by atoms with Crippen LogP contribution in [0.4, 0.5) is 0 Å². The smallest absolute Gasteiger partial charge is 0.282 e. The molecule has 1 aromatic carbocycles. The van der Waals surface area contributed by atoms with Gasteiger partial charge in [0.25, 0.3) is 6.02 Å². The van der Waals surface area contributed by atoms with E-state index in [9.17, 15) is 4.79 Å². The molecule has 2 heterocycles. The maximum atomic E-state index is 11.5. The van der Waals surface area contributed by atoms with Gasteiger partial charge < -0.3 is 16.2 Å². The summed E-state index contributed by atoms with van der Waals surface area (Å²) in [5, 5.41) is 0.555. The highest BCUT2D eigenvalue weighted by molar-refractivity contribution is 6.30. The maximum absolute atomic E-state index is 11.5. The average Bonchev–Trinajstić information content (AvgIpc) is 2.99. The second-order valence-corrected chi connectivity index (χ2v) is 6.01. The van der Waals surface area contributed by atoms with Crippen molar-refractivity contribution in [2.45, 2.75) is 18.9 Å². The Kier molecular flexibility index (Phi) is 4.66. The third-order valence-electron chi connectivity index (χ3n) is 3.88. The predicted octanol–water partition coefficient (Wildman–Crippen LogP) is 2.15. The summed E-state index contributed by atoms with van der Waals surface area (Å²) >= 11 is 5.90. The van der Waals surface area contributed by atoms with Gasteiger partial charge in [0.05, 0.1) is 16.8 Å². The molecule has 124 valence electrons. The largest absolute Gasteiger partial charge is 0.463 e. The highest BCUT2D eigenvalue weighted by Crippen LogP contribution is 2.26. The molecule has 0 saturated heterocycles. The number of nitrogens with two attached hydrogens (primary N) is 2. The summed E-state index contributed by atoms with van der Waals surface area (Å²) in [7, 11) is 0. The van der Waals surface area contributed by atoms with Crippen LogP contribution in [0.5, 0.6) is 0 Å². The number of carbonyl (C=O) groups is 1. The lowest BCUT2D eigenvalue weighted by atomic mass is 9.96. The first-order valence-electron chi connectivity index (χ1n) is 7.53. The quantitative estimate of drug-likeness (QED) is 0.867. The van der Waals surface area contributed by atoms with Crippen LogP contribution < -0.4 is 11.5 Å². The van der Waals surface area contributed by atoms with Crippen molar-refractivity contribution in [3.05, 3.63) is 52.7 Å². The first-order chi connectivity index (χ1) is 11.5. The van der Waals surface area contributed by atoms with Crippen LogP contribution in [0, 0.1) is 0 Å². The number of rotatable bonds is 5. The van der Waals surface area contributed by atoms with E-state index < -0.39 is 5.91 Å². The molecule has 1 aromatic heterocycles. The number of aryl methyl sites for hydroxylation is 1. The number of primary amides is 1. The zero-order valence-corrected chi connectivity index (χ0v) is 13.7. The van der Waals surface area contributed by atoms with Gasteiger partial charge in [-0.2, -0.15) is 0 Å². The molecular weight excluding hydrogens is 328 g/mol. The molecule has 1 amide bonds. The van der Waals surface area contributed by atoms with E-state index in [0.29, 0.717) is 17.2 Å². The number of aromatic nitrogens is 1. The van der Waals surface area contributed by atoms with E-state index in [4.69, 9.17) is 27.8 Å². The van der Waals surface area contributed by atoms with Crippen LogP contribution in [0.2, 0.25) is 5.02 Å². The molecule has 0 bridgehead atoms. The van der Waals surface area contributed by atoms with Gasteiger partial charge in [-0.3, -0.25) is 9.78 Å². The number of benzene rings is 1. The van der Waals surface area contributed by atoms with Crippen molar-refractivity contribution in [2.24, 2.45) is 16.5 Å². The van der Waals surface area contributed by atoms with Gasteiger partial charge >= 0.3 is 0 Å². The number of ether oxygens (including phenoxy) is 1. The number of amides is 1. The van der Waals surface area contributed by atoms with Crippen LogP contribution in [0.3, 0.4) is 0 Å². The fourth-order valence-corrected chi connectivity index (χ4v) is 2.74. The van der Waals surface area contributed by atoms with Crippen molar-refractivity contribution in [3.8, 4) is 11.3 Å². The Labute approximate surface area is 144 Å². The van der Waals surface area contributed by atoms with Crippen LogP contribution in [0.1, 0.15) is 22.3 Å². The lowest BCUT2D eigenvalue weighted by molar-refractivity contribution is 0.100. The molecule has 2 aromatic rings. The Bertz CT molecular complexity index is 790. The highest BCUT2D eigenvalue weighted by Gasteiger charge is 2.18. The highest BCUT2D eigenvalue weighted by atomic mass is 35.5. The summed E-state index contributed by atoms with van der Waals surface area (Å²) in [6.45, 7) is 0.500. The molecule has 4 N–H and O–H groups in total. The van der Waals surface area contributed by atoms with Gasteiger partial charge in [-0.25, -0.2) is 4.99 Å². The number of pyridine rings is 1. The van der Waals surface area contributed by atoms with Gasteiger partial charge in [-0.1, -0.05) is 17.7 Å². The first-order valence-corrected chi connectivity index (χ1v) is 7.91. The second-order valence-electron chi connectivity index (χ2n) is 5.57. The second kappa shape index (κ2) is 6.88. The molecular formula is C17H17ClN4O2. The van der Waals surface area contributed by atoms with E-state index in [1.54, 1.807) is 24.4 Å². The summed E-state index contributed by atoms with van der Waals surface area (Å²) in [5.41, 5.74) is 14.0. The van der Waals surface area contributed by atoms with Gasteiger partial charge in [-0.15, -0.1) is 0 Å². The third kappa shape index (κ3) is 3.65. The molecule has 24 heavy (non-hydrogen) atoms. The average molecular weight is 345 g/mol. The van der Waals surface area contributed by atoms with Crippen LogP contribution in [0.15, 0.2) is 41.5 Å². The predicted molar refractivity (Wildman–Crippen MR) is 92.9 cm³/mol. The number of carbonyl (C=O) groups excluding carboxylic acids is 1. The molecule has 0 radical (unpaired) electrons. The van der Waals surface area contributed by atoms with Crippen LogP contribution >= 0.6 is 11.6 Å². The zero-order valence-electron chi connectivity index (χ0n) is 12.9. The van der Waals surface area contributed by atoms with E-state index in [2.05, 4.69) is 9.98 Å². The minimum atomic E-state index is -0.474. The molecule has 1 aliphatic rings. The summed E-state index contributed by atoms with van der Waals surface area (Å²) < 4.78 is 5.17. The standard InChI is InChI=1S/C17H17ClN4O2/c18-12-4-6-15(21-8-12)14-7-11(16(19)23)2-1-10(14)3-5-13-9-24-17(20)22-13/h1-2,4,6-8,13H,3,5,9H2,(H2,19,23)(H2,20,22)/t13-/m0/s1. The summed E-state index contributed by atoms with van der Waals surface area (Å²) in [6, 6.07) is 9.25. The van der Waals surface area contributed by atoms with Crippen LogP contribution in [0.25, 0.3) is 11.3 Å². The van der Waals surface area contributed by atoms with Crippen molar-refractivity contribution < 1.29 is 9.53 Å². The normalized spacial score (nSPS) is 16.5. The third-order valence-corrected chi connectivity index (χ3v) is 4.10. The Morgan fingerprint density at radius 2 is 2.17 bits per heavy atom. The first kappa shape index (κ1) is 16.3. The fourth-order valence-electron chi connectivity index (χ4n) is 2.63. The molecule has 6 nitrogen and oxygen atoms in total. The Morgan fingerprint density at radius 1 is 1.33 bits per heavy atom. The van der Waals surface area contributed by atoms with E-state index in [0.717, 1.165) is 29.7 Å². The van der Waals surface area contributed by atoms with Gasteiger partial charge in [0.2, 0.25) is 5.91 Å². The number of aliphatic imine (C=N–C) groups is 1. The molecule has 0 unspecified atom stereocenters. The van der Waals surface area contributed by atoms with Gasteiger partial charge in [0.1, 0.15) is 6.61 Å². The van der Waals surface area contributed by atoms with E-state index >= 15 is 0 Å². The van der Waals surface area contributed by atoms with Gasteiger partial charge in [0, 0.05) is 17.3 Å². The monoisotopic (exact) mass is 344 g/mol. The van der Waals surface area contributed by atoms with Gasteiger partial charge in [-0.05, 0) is 42.7 Å². The topological polar surface area (TPSA) is 104 Å². The molecule has 0 aliphatic carbocycles. The minimum Gasteiger partial charge on any atom is -0.463 e. The molecule has 1 aliphatic heterocycles. The van der Waals surface area contributed by atoms with Crippen molar-refractivity contribution >= 4 is 23.5 Å². The maximum Gasteiger partial charge on any atom is 0.282 e. The van der Waals surface area contributed by atoms with E-state index in [1.807, 2.05) is 12.1 Å². The lowest BCUT2D eigenvalue weighted by Crippen LogP contribution is -2.12. The number of amidine groups is 1. The molecule has 7 heteroatoms. The van der Waals surface area contributed by atoms with Gasteiger partial charge in [0.15, 0.2) is 0 Å². The molecule has 1 atom stereocenters. The number of nitrogens with zero attached hydrogens (tertiary/aromatic N) is 2. The SMILES string of the molecule is NC(=O)c1ccc(CC[C@H]2COC(N)=N2)c(-c2ccc(Cl)cn2)c1. The Hall–Kier alpha value is -2.60. The minimum absolute atomic E-state index is 0.0480. The Balaban J connectivity index is 1.89. The molecule has 0 spiro atoms. The van der Waals surface area contributed by atoms with Crippen molar-refractivity contribution in [2.75, 3.05) is 6.61 Å². The van der Waals surface area contributed by atoms with Crippen LogP contribution in [-0.2, 0) is 11.2 Å². The zero-order chi connectivity index (χ0) is 17.1. The van der Waals surface area contributed by atoms with Crippen molar-refractivity contribution in [1.29, 1.82) is 0 Å². The van der Waals surface area contributed by atoms with E-state index in [1.165, 1.54) is 0 Å². The van der Waals surface area contributed by atoms with Crippen molar-refractivity contribution in [1.82, 2.24) is 4.98 Å². The summed E-state index contributed by atoms with van der Waals surface area (Å²) in [4.78, 5) is 20.1. The molecule has 0 saturated carbocycles. The summed E-state index contributed by atoms with van der Waals surface area (Å²) in [6.07, 6.45) is 3.12. The molecule has 0 fully saturated rings. The number of halogens is 1. The number of hydrogen-bond acceptors (Lipinski definition) is 5. The number of hydrogen-bond donors (Lipinski definition) is 2. The van der Waals surface area contributed by atoms with Crippen molar-refractivity contribution in [3.63, 3.8) is 0 Å². The Morgan fingerprint density at radius 3 is 2.79 bits per heavy atom. The lowest BCUT2D eigenvalue weighted by Gasteiger charge is -2.12. The summed E-state index contributed by atoms with van der Waals surface area (Å²) in [5.74, 6) is -0.474. The fraction of sp³-hybridized carbons (Fsp3) is 0.235. The van der Waals surface area contributed by atoms with Crippen LogP contribution in [-0.4, -0.2) is 29.6 Å². The molecule has 3 rings (SSSR count).